The molecule has 0 fully saturated rings. The van der Waals surface area contributed by atoms with Crippen LogP contribution < -0.4 is 5.32 Å². The normalized spacial score (nSPS) is 10.6. The van der Waals surface area contributed by atoms with Crippen LogP contribution in [-0.2, 0) is 11.3 Å². The molecule has 5 heteroatoms. The molecule has 17 heavy (non-hydrogen) atoms. The van der Waals surface area contributed by atoms with Crippen molar-refractivity contribution in [3.63, 3.8) is 0 Å². The quantitative estimate of drug-likeness (QED) is 0.791. The SMILES string of the molecule is CC(=O)NCCCCn1nnc2ccccc21. The van der Waals surface area contributed by atoms with Gasteiger partial charge in [-0.3, -0.25) is 4.79 Å². The number of nitrogens with zero attached hydrogens (tertiary/aromatic N) is 3. The van der Waals surface area contributed by atoms with E-state index in [0.29, 0.717) is 0 Å². The summed E-state index contributed by atoms with van der Waals surface area (Å²) in [5, 5.41) is 11.0. The highest BCUT2D eigenvalue weighted by molar-refractivity contribution is 5.73. The summed E-state index contributed by atoms with van der Waals surface area (Å²) in [4.78, 5) is 10.7. The molecule has 5 nitrogen and oxygen atoms in total. The Labute approximate surface area is 99.8 Å². The van der Waals surface area contributed by atoms with Crippen LogP contribution in [0.2, 0.25) is 0 Å². The molecule has 1 heterocycles. The maximum Gasteiger partial charge on any atom is 0.216 e. The zero-order valence-electron chi connectivity index (χ0n) is 9.89. The molecule has 2 aromatic rings. The molecule has 0 spiro atoms. The summed E-state index contributed by atoms with van der Waals surface area (Å²) in [5.74, 6) is 0.0243. The molecule has 0 saturated carbocycles. The zero-order chi connectivity index (χ0) is 12.1. The van der Waals surface area contributed by atoms with Crippen LogP contribution >= 0.6 is 0 Å². The number of carbonyl (C=O) groups is 1. The van der Waals surface area contributed by atoms with Gasteiger partial charge in [-0.25, -0.2) is 4.68 Å². The lowest BCUT2D eigenvalue weighted by molar-refractivity contribution is -0.118. The minimum atomic E-state index is 0.0243. The number of fused-ring (bicyclic) bond motifs is 1. The van der Waals surface area contributed by atoms with Gasteiger partial charge < -0.3 is 5.32 Å². The number of hydrogen-bond donors (Lipinski definition) is 1. The third kappa shape index (κ3) is 3.03. The van der Waals surface area contributed by atoms with Gasteiger partial charge in [0.15, 0.2) is 0 Å². The van der Waals surface area contributed by atoms with Gasteiger partial charge >= 0.3 is 0 Å². The Morgan fingerprint density at radius 3 is 3.00 bits per heavy atom. The van der Waals surface area contributed by atoms with Crippen molar-refractivity contribution in [2.24, 2.45) is 0 Å². The van der Waals surface area contributed by atoms with Crippen LogP contribution in [0.5, 0.6) is 0 Å². The summed E-state index contributed by atoms with van der Waals surface area (Å²) in [6.45, 7) is 3.09. The standard InChI is InChI=1S/C12H16N4O/c1-10(17)13-8-4-5-9-16-12-7-3-2-6-11(12)14-15-16/h2-3,6-7H,4-5,8-9H2,1H3,(H,13,17). The van der Waals surface area contributed by atoms with Crippen LogP contribution in [-0.4, -0.2) is 27.4 Å². The Bertz CT molecular complexity index is 506. The van der Waals surface area contributed by atoms with Crippen LogP contribution in [0.25, 0.3) is 11.0 Å². The fraction of sp³-hybridized carbons (Fsp3) is 0.417. The molecule has 0 bridgehead atoms. The van der Waals surface area contributed by atoms with Gasteiger partial charge in [-0.2, -0.15) is 0 Å². The lowest BCUT2D eigenvalue weighted by Gasteiger charge is -2.03. The maximum absolute atomic E-state index is 10.7. The van der Waals surface area contributed by atoms with Crippen LogP contribution in [0, 0.1) is 0 Å². The van der Waals surface area contributed by atoms with Crippen molar-refractivity contribution in [3.8, 4) is 0 Å². The van der Waals surface area contributed by atoms with Crippen molar-refractivity contribution < 1.29 is 4.79 Å². The van der Waals surface area contributed by atoms with Crippen molar-refractivity contribution in [1.29, 1.82) is 0 Å². The number of hydrogen-bond acceptors (Lipinski definition) is 3. The summed E-state index contributed by atoms with van der Waals surface area (Å²) >= 11 is 0. The highest BCUT2D eigenvalue weighted by Gasteiger charge is 2.02. The minimum Gasteiger partial charge on any atom is -0.356 e. The molecule has 2 rings (SSSR count). The molecule has 0 aliphatic heterocycles. The Hall–Kier alpha value is -1.91. The second-order valence-corrected chi connectivity index (χ2v) is 3.99. The topological polar surface area (TPSA) is 59.8 Å². The van der Waals surface area contributed by atoms with E-state index in [1.807, 2.05) is 28.9 Å². The van der Waals surface area contributed by atoms with Crippen molar-refractivity contribution >= 4 is 16.9 Å². The summed E-state index contributed by atoms with van der Waals surface area (Å²) in [5.41, 5.74) is 1.99. The van der Waals surface area contributed by atoms with E-state index in [9.17, 15) is 4.79 Å². The first-order chi connectivity index (χ1) is 8.27. The van der Waals surface area contributed by atoms with Gasteiger partial charge in [-0.15, -0.1) is 5.10 Å². The first-order valence-electron chi connectivity index (χ1n) is 5.80. The van der Waals surface area contributed by atoms with Crippen LogP contribution in [0.1, 0.15) is 19.8 Å². The molecule has 0 unspecified atom stereocenters. The van der Waals surface area contributed by atoms with Crippen molar-refractivity contribution in [1.82, 2.24) is 20.3 Å². The second-order valence-electron chi connectivity index (χ2n) is 3.99. The van der Waals surface area contributed by atoms with Crippen LogP contribution in [0.4, 0.5) is 0 Å². The molecule has 1 aromatic carbocycles. The number of rotatable bonds is 5. The monoisotopic (exact) mass is 232 g/mol. The third-order valence-corrected chi connectivity index (χ3v) is 2.59. The van der Waals surface area contributed by atoms with Crippen molar-refractivity contribution in [2.75, 3.05) is 6.54 Å². The highest BCUT2D eigenvalue weighted by atomic mass is 16.1. The molecular formula is C12H16N4O. The van der Waals surface area contributed by atoms with Crippen LogP contribution in [0.3, 0.4) is 0 Å². The van der Waals surface area contributed by atoms with Gasteiger partial charge in [-0.1, -0.05) is 17.3 Å². The lowest BCUT2D eigenvalue weighted by atomic mass is 10.3. The molecule has 0 aliphatic rings. The zero-order valence-corrected chi connectivity index (χ0v) is 9.89. The average molecular weight is 232 g/mol. The molecule has 1 amide bonds. The van der Waals surface area contributed by atoms with E-state index in [4.69, 9.17) is 0 Å². The van der Waals surface area contributed by atoms with E-state index >= 15 is 0 Å². The summed E-state index contributed by atoms with van der Waals surface area (Å²) in [6.07, 6.45) is 1.93. The minimum absolute atomic E-state index is 0.0243. The van der Waals surface area contributed by atoms with E-state index in [1.54, 1.807) is 0 Å². The van der Waals surface area contributed by atoms with Gasteiger partial charge in [0.2, 0.25) is 5.91 Å². The number of unbranched alkanes of at least 4 members (excludes halogenated alkanes) is 1. The Morgan fingerprint density at radius 1 is 1.35 bits per heavy atom. The summed E-state index contributed by atoms with van der Waals surface area (Å²) in [7, 11) is 0. The van der Waals surface area contributed by atoms with E-state index in [1.165, 1.54) is 6.92 Å². The Morgan fingerprint density at radius 2 is 2.18 bits per heavy atom. The Balaban J connectivity index is 1.85. The molecule has 1 N–H and O–H groups in total. The van der Waals surface area contributed by atoms with E-state index in [2.05, 4.69) is 15.6 Å². The smallest absolute Gasteiger partial charge is 0.216 e. The van der Waals surface area contributed by atoms with Crippen LogP contribution in [0.15, 0.2) is 24.3 Å². The van der Waals surface area contributed by atoms with Gasteiger partial charge in [0.25, 0.3) is 0 Å². The number of amides is 1. The van der Waals surface area contributed by atoms with Gasteiger partial charge in [-0.05, 0) is 25.0 Å². The number of aryl methyl sites for hydroxylation is 1. The lowest BCUT2D eigenvalue weighted by Crippen LogP contribution is -2.21. The molecule has 1 aromatic heterocycles. The molecule has 0 saturated heterocycles. The Kier molecular flexibility index (Phi) is 3.69. The number of benzene rings is 1. The fourth-order valence-corrected chi connectivity index (χ4v) is 1.73. The van der Waals surface area contributed by atoms with Gasteiger partial charge in [0.05, 0.1) is 5.52 Å². The van der Waals surface area contributed by atoms with E-state index in [-0.39, 0.29) is 5.91 Å². The predicted octanol–water partition coefficient (Wildman–Crippen LogP) is 1.35. The number of aromatic nitrogens is 3. The predicted molar refractivity (Wildman–Crippen MR) is 65.4 cm³/mol. The summed E-state index contributed by atoms with van der Waals surface area (Å²) < 4.78 is 1.91. The molecule has 0 atom stereocenters. The van der Waals surface area contributed by atoms with Gasteiger partial charge in [0, 0.05) is 20.0 Å². The largest absolute Gasteiger partial charge is 0.356 e. The third-order valence-electron chi connectivity index (χ3n) is 2.59. The number of para-hydroxylation sites is 1. The second kappa shape index (κ2) is 5.43. The molecule has 0 aliphatic carbocycles. The molecule has 90 valence electrons. The van der Waals surface area contributed by atoms with Crippen molar-refractivity contribution in [3.05, 3.63) is 24.3 Å². The first kappa shape index (κ1) is 11.6. The molecule has 0 radical (unpaired) electrons. The van der Waals surface area contributed by atoms with Gasteiger partial charge in [0.1, 0.15) is 5.52 Å². The maximum atomic E-state index is 10.7. The average Bonchev–Trinajstić information content (AvgIpc) is 2.72. The highest BCUT2D eigenvalue weighted by Crippen LogP contribution is 2.10. The fourth-order valence-electron chi connectivity index (χ4n) is 1.73. The first-order valence-corrected chi connectivity index (χ1v) is 5.80. The van der Waals surface area contributed by atoms with E-state index < -0.39 is 0 Å². The number of nitrogens with one attached hydrogen (secondary N) is 1. The number of carbonyl (C=O) groups excluding carboxylic acids is 1. The van der Waals surface area contributed by atoms with E-state index in [0.717, 1.165) is 37.0 Å². The van der Waals surface area contributed by atoms with Crippen molar-refractivity contribution in [2.45, 2.75) is 26.3 Å². The summed E-state index contributed by atoms with van der Waals surface area (Å²) in [6, 6.07) is 7.91. The molecular weight excluding hydrogens is 216 g/mol.